The van der Waals surface area contributed by atoms with Crippen LogP contribution >= 0.6 is 11.3 Å². The summed E-state index contributed by atoms with van der Waals surface area (Å²) in [6.45, 7) is 7.84. The van der Waals surface area contributed by atoms with E-state index >= 15 is 0 Å². The number of nitrogens with zero attached hydrogens (tertiary/aromatic N) is 3. The number of hydrogen-bond acceptors (Lipinski definition) is 6. The molecule has 2 aromatic heterocycles. The van der Waals surface area contributed by atoms with Crippen molar-refractivity contribution in [3.05, 3.63) is 71.4 Å². The summed E-state index contributed by atoms with van der Waals surface area (Å²) >= 11 is 1.39. The standard InChI is InChI=1S/C24H24N4O2S/c1-4-28(5-2)22-20-16(3)21(31-24(20)26-15-25-22)23(29)27-17-11-13-19(14-12-17)30-18-9-7-6-8-10-18/h6-15H,4-5H2,1-3H3,(H,27,29). The number of carbonyl (C=O) groups excluding carboxylic acids is 1. The molecular formula is C24H24N4O2S. The van der Waals surface area contributed by atoms with E-state index in [1.54, 1.807) is 6.33 Å². The SMILES string of the molecule is CCN(CC)c1ncnc2sc(C(=O)Nc3ccc(Oc4ccccc4)cc3)c(C)c12. The van der Waals surface area contributed by atoms with E-state index in [1.807, 2.05) is 61.5 Å². The zero-order valence-electron chi connectivity index (χ0n) is 17.8. The third-order valence-electron chi connectivity index (χ3n) is 5.07. The molecule has 31 heavy (non-hydrogen) atoms. The Morgan fingerprint density at radius 1 is 1.00 bits per heavy atom. The van der Waals surface area contributed by atoms with Crippen molar-refractivity contribution in [3.8, 4) is 11.5 Å². The van der Waals surface area contributed by atoms with Crippen LogP contribution in [0.1, 0.15) is 29.1 Å². The van der Waals surface area contributed by atoms with Crippen LogP contribution in [0.25, 0.3) is 10.2 Å². The van der Waals surface area contributed by atoms with Gasteiger partial charge in [0.05, 0.1) is 10.3 Å². The lowest BCUT2D eigenvalue weighted by molar-refractivity contribution is 0.103. The Morgan fingerprint density at radius 3 is 2.35 bits per heavy atom. The molecule has 6 nitrogen and oxygen atoms in total. The molecule has 0 aliphatic carbocycles. The molecule has 7 heteroatoms. The molecule has 0 unspecified atom stereocenters. The smallest absolute Gasteiger partial charge is 0.266 e. The maximum Gasteiger partial charge on any atom is 0.266 e. The van der Waals surface area contributed by atoms with Crippen molar-refractivity contribution >= 4 is 39.0 Å². The van der Waals surface area contributed by atoms with Crippen LogP contribution in [-0.2, 0) is 0 Å². The summed E-state index contributed by atoms with van der Waals surface area (Å²) in [5.74, 6) is 2.21. The van der Waals surface area contributed by atoms with Crippen LogP contribution in [0, 0.1) is 6.92 Å². The van der Waals surface area contributed by atoms with Gasteiger partial charge >= 0.3 is 0 Å². The maximum absolute atomic E-state index is 13.0. The number of aromatic nitrogens is 2. The normalized spacial score (nSPS) is 10.8. The van der Waals surface area contributed by atoms with E-state index in [4.69, 9.17) is 4.74 Å². The molecule has 0 atom stereocenters. The van der Waals surface area contributed by atoms with Gasteiger partial charge in [-0.15, -0.1) is 11.3 Å². The number of hydrogen-bond donors (Lipinski definition) is 1. The fourth-order valence-electron chi connectivity index (χ4n) is 3.45. The van der Waals surface area contributed by atoms with E-state index in [1.165, 1.54) is 11.3 Å². The van der Waals surface area contributed by atoms with E-state index in [0.717, 1.165) is 40.4 Å². The Labute approximate surface area is 185 Å². The second-order valence-corrected chi connectivity index (χ2v) is 8.00. The third kappa shape index (κ3) is 4.36. The molecule has 4 rings (SSSR count). The van der Waals surface area contributed by atoms with Gasteiger partial charge in [-0.2, -0.15) is 0 Å². The Hall–Kier alpha value is -3.45. The molecule has 2 aromatic carbocycles. The largest absolute Gasteiger partial charge is 0.457 e. The van der Waals surface area contributed by atoms with Gasteiger partial charge in [0.25, 0.3) is 5.91 Å². The molecular weight excluding hydrogens is 408 g/mol. The van der Waals surface area contributed by atoms with Gasteiger partial charge in [-0.25, -0.2) is 9.97 Å². The minimum absolute atomic E-state index is 0.150. The summed E-state index contributed by atoms with van der Waals surface area (Å²) < 4.78 is 5.81. The quantitative estimate of drug-likeness (QED) is 0.394. The number of thiophene rings is 1. The highest BCUT2D eigenvalue weighted by Gasteiger charge is 2.21. The van der Waals surface area contributed by atoms with Crippen molar-refractivity contribution < 1.29 is 9.53 Å². The number of nitrogens with one attached hydrogen (secondary N) is 1. The first-order valence-electron chi connectivity index (χ1n) is 10.2. The van der Waals surface area contributed by atoms with Crippen LogP contribution in [0.2, 0.25) is 0 Å². The van der Waals surface area contributed by atoms with Crippen molar-refractivity contribution in [1.82, 2.24) is 9.97 Å². The zero-order valence-corrected chi connectivity index (χ0v) is 18.6. The summed E-state index contributed by atoms with van der Waals surface area (Å²) in [6, 6.07) is 16.9. The lowest BCUT2D eigenvalue weighted by Gasteiger charge is -2.20. The van der Waals surface area contributed by atoms with Gasteiger partial charge in [0.1, 0.15) is 28.5 Å². The van der Waals surface area contributed by atoms with Gasteiger partial charge in [0.15, 0.2) is 0 Å². The van der Waals surface area contributed by atoms with Crippen LogP contribution in [0.3, 0.4) is 0 Å². The van der Waals surface area contributed by atoms with Gasteiger partial charge in [-0.05, 0) is 62.7 Å². The second kappa shape index (κ2) is 9.14. The first kappa shape index (κ1) is 20.8. The van der Waals surface area contributed by atoms with Crippen LogP contribution < -0.4 is 15.0 Å². The fourth-order valence-corrected chi connectivity index (χ4v) is 4.49. The van der Waals surface area contributed by atoms with Gasteiger partial charge in [0.2, 0.25) is 0 Å². The van der Waals surface area contributed by atoms with Gasteiger partial charge in [-0.1, -0.05) is 18.2 Å². The minimum Gasteiger partial charge on any atom is -0.457 e. The second-order valence-electron chi connectivity index (χ2n) is 7.00. The Morgan fingerprint density at radius 2 is 1.68 bits per heavy atom. The third-order valence-corrected chi connectivity index (χ3v) is 6.27. The highest BCUT2D eigenvalue weighted by atomic mass is 32.1. The lowest BCUT2D eigenvalue weighted by atomic mass is 10.2. The number of aryl methyl sites for hydroxylation is 1. The van der Waals surface area contributed by atoms with E-state index < -0.39 is 0 Å². The molecule has 0 aliphatic heterocycles. The van der Waals surface area contributed by atoms with Crippen LogP contribution in [0.5, 0.6) is 11.5 Å². The molecule has 0 bridgehead atoms. The van der Waals surface area contributed by atoms with Crippen LogP contribution in [0.4, 0.5) is 11.5 Å². The fraction of sp³-hybridized carbons (Fsp3) is 0.208. The monoisotopic (exact) mass is 432 g/mol. The van der Waals surface area contributed by atoms with Gasteiger partial charge in [-0.3, -0.25) is 4.79 Å². The Kier molecular flexibility index (Phi) is 6.13. The average molecular weight is 433 g/mol. The van der Waals surface area contributed by atoms with E-state index in [9.17, 15) is 4.79 Å². The highest BCUT2D eigenvalue weighted by molar-refractivity contribution is 7.20. The van der Waals surface area contributed by atoms with Crippen molar-refractivity contribution in [2.24, 2.45) is 0 Å². The summed E-state index contributed by atoms with van der Waals surface area (Å²) in [4.78, 5) is 25.5. The molecule has 0 saturated carbocycles. The number of ether oxygens (including phenoxy) is 1. The van der Waals surface area contributed by atoms with Crippen molar-refractivity contribution in [2.75, 3.05) is 23.3 Å². The maximum atomic E-state index is 13.0. The summed E-state index contributed by atoms with van der Waals surface area (Å²) in [7, 11) is 0. The number of carbonyl (C=O) groups is 1. The minimum atomic E-state index is -0.150. The molecule has 1 amide bonds. The highest BCUT2D eigenvalue weighted by Crippen LogP contribution is 2.35. The first-order valence-corrected chi connectivity index (χ1v) is 11.1. The van der Waals surface area contributed by atoms with Gasteiger partial charge < -0.3 is 15.0 Å². The van der Waals surface area contributed by atoms with Crippen molar-refractivity contribution in [1.29, 1.82) is 0 Å². The molecule has 0 fully saturated rings. The van der Waals surface area contributed by atoms with E-state index in [0.29, 0.717) is 16.3 Å². The predicted molar refractivity (Wildman–Crippen MR) is 127 cm³/mol. The number of fused-ring (bicyclic) bond motifs is 1. The molecule has 0 saturated heterocycles. The number of para-hydroxylation sites is 1. The van der Waals surface area contributed by atoms with Gasteiger partial charge in [0, 0.05) is 18.8 Å². The van der Waals surface area contributed by atoms with Crippen LogP contribution in [-0.4, -0.2) is 29.0 Å². The number of amides is 1. The summed E-state index contributed by atoms with van der Waals surface area (Å²) in [6.07, 6.45) is 1.57. The molecule has 1 N–H and O–H groups in total. The van der Waals surface area contributed by atoms with Crippen molar-refractivity contribution in [2.45, 2.75) is 20.8 Å². The average Bonchev–Trinajstić information content (AvgIpc) is 3.14. The molecule has 4 aromatic rings. The Bertz CT molecular complexity index is 1190. The Balaban J connectivity index is 1.55. The molecule has 0 aliphatic rings. The lowest BCUT2D eigenvalue weighted by Crippen LogP contribution is -2.23. The summed E-state index contributed by atoms with van der Waals surface area (Å²) in [5.41, 5.74) is 1.61. The number of rotatable bonds is 7. The molecule has 158 valence electrons. The number of benzene rings is 2. The first-order chi connectivity index (χ1) is 15.1. The topological polar surface area (TPSA) is 67.4 Å². The number of anilines is 2. The molecule has 0 radical (unpaired) electrons. The summed E-state index contributed by atoms with van der Waals surface area (Å²) in [5, 5.41) is 3.93. The van der Waals surface area contributed by atoms with Crippen LogP contribution in [0.15, 0.2) is 60.9 Å². The van der Waals surface area contributed by atoms with E-state index in [-0.39, 0.29) is 5.91 Å². The predicted octanol–water partition coefficient (Wildman–Crippen LogP) is 5.89. The molecule has 0 spiro atoms. The van der Waals surface area contributed by atoms with E-state index in [2.05, 4.69) is 34.0 Å². The molecule has 2 heterocycles. The van der Waals surface area contributed by atoms with Crippen molar-refractivity contribution in [3.63, 3.8) is 0 Å². The zero-order chi connectivity index (χ0) is 21.8.